The number of piperidine rings is 1. The molecule has 106 valence electrons. The van der Waals surface area contributed by atoms with E-state index in [0.717, 1.165) is 25.1 Å². The fourth-order valence-corrected chi connectivity index (χ4v) is 2.30. The topological polar surface area (TPSA) is 47.4 Å². The largest absolute Gasteiger partial charge is 0.444 e. The fourth-order valence-electron chi connectivity index (χ4n) is 2.30. The lowest BCUT2D eigenvalue weighted by molar-refractivity contribution is 0.0167. The minimum absolute atomic E-state index is 0.221. The van der Waals surface area contributed by atoms with E-state index in [9.17, 15) is 4.79 Å². The summed E-state index contributed by atoms with van der Waals surface area (Å²) in [6.07, 6.45) is 3.81. The van der Waals surface area contributed by atoms with Crippen LogP contribution in [0, 0.1) is 6.92 Å². The van der Waals surface area contributed by atoms with Gasteiger partial charge < -0.3 is 9.64 Å². The summed E-state index contributed by atoms with van der Waals surface area (Å²) in [5, 5.41) is 4.44. The highest BCUT2D eigenvalue weighted by atomic mass is 16.6. The number of nitrogens with zero attached hydrogens (tertiary/aromatic N) is 3. The molecule has 1 atom stereocenters. The number of aromatic nitrogens is 2. The fraction of sp³-hybridized carbons (Fsp3) is 0.714. The zero-order valence-corrected chi connectivity index (χ0v) is 12.2. The zero-order chi connectivity index (χ0) is 14.0. The summed E-state index contributed by atoms with van der Waals surface area (Å²) in [5.74, 6) is 0. The summed E-state index contributed by atoms with van der Waals surface area (Å²) in [6, 6.07) is 2.25. The van der Waals surface area contributed by atoms with Crippen molar-refractivity contribution >= 4 is 6.09 Å². The summed E-state index contributed by atoms with van der Waals surface area (Å²) < 4.78 is 7.39. The van der Waals surface area contributed by atoms with Gasteiger partial charge in [-0.1, -0.05) is 0 Å². The van der Waals surface area contributed by atoms with Crippen LogP contribution < -0.4 is 0 Å². The standard InChI is InChI=1S/C14H23N3O2/c1-11-7-9-17(15-11)12-6-5-8-16(10-12)13(18)19-14(2,3)4/h7,9,12H,5-6,8,10H2,1-4H3/t12-/m0/s1. The Morgan fingerprint density at radius 2 is 2.21 bits per heavy atom. The molecule has 1 aliphatic heterocycles. The van der Waals surface area contributed by atoms with E-state index < -0.39 is 5.60 Å². The molecule has 0 saturated carbocycles. The number of likely N-dealkylation sites (tertiary alicyclic amines) is 1. The molecule has 0 radical (unpaired) electrons. The number of amides is 1. The molecule has 5 heteroatoms. The van der Waals surface area contributed by atoms with Gasteiger partial charge in [-0.2, -0.15) is 5.10 Å². The Balaban J connectivity index is 1.99. The van der Waals surface area contributed by atoms with Crippen LogP contribution in [-0.4, -0.2) is 39.5 Å². The quantitative estimate of drug-likeness (QED) is 0.784. The Kier molecular flexibility index (Phi) is 3.83. The molecule has 0 unspecified atom stereocenters. The predicted octanol–water partition coefficient (Wildman–Crippen LogP) is 2.76. The first kappa shape index (κ1) is 13.9. The van der Waals surface area contributed by atoms with E-state index in [1.165, 1.54) is 0 Å². The number of hydrogen-bond acceptors (Lipinski definition) is 3. The van der Waals surface area contributed by atoms with Gasteiger partial charge in [-0.15, -0.1) is 0 Å². The first-order valence-electron chi connectivity index (χ1n) is 6.85. The van der Waals surface area contributed by atoms with Crippen molar-refractivity contribution in [2.24, 2.45) is 0 Å². The highest BCUT2D eigenvalue weighted by molar-refractivity contribution is 5.68. The van der Waals surface area contributed by atoms with Crippen LogP contribution in [0.4, 0.5) is 4.79 Å². The van der Waals surface area contributed by atoms with Crippen LogP contribution in [0.5, 0.6) is 0 Å². The zero-order valence-electron chi connectivity index (χ0n) is 12.2. The Morgan fingerprint density at radius 1 is 1.47 bits per heavy atom. The first-order chi connectivity index (χ1) is 8.85. The Morgan fingerprint density at radius 3 is 2.79 bits per heavy atom. The monoisotopic (exact) mass is 265 g/mol. The maximum Gasteiger partial charge on any atom is 0.410 e. The van der Waals surface area contributed by atoms with Gasteiger partial charge in [-0.25, -0.2) is 4.79 Å². The van der Waals surface area contributed by atoms with Crippen molar-refractivity contribution in [2.45, 2.75) is 52.2 Å². The van der Waals surface area contributed by atoms with E-state index >= 15 is 0 Å². The van der Waals surface area contributed by atoms with Gasteiger partial charge in [0.1, 0.15) is 5.60 Å². The second kappa shape index (κ2) is 5.23. The molecular weight excluding hydrogens is 242 g/mol. The van der Waals surface area contributed by atoms with Crippen LogP contribution in [0.3, 0.4) is 0 Å². The summed E-state index contributed by atoms with van der Waals surface area (Å²) in [6.45, 7) is 9.10. The van der Waals surface area contributed by atoms with E-state index in [1.807, 2.05) is 44.6 Å². The summed E-state index contributed by atoms with van der Waals surface area (Å²) >= 11 is 0. The van der Waals surface area contributed by atoms with Crippen molar-refractivity contribution < 1.29 is 9.53 Å². The lowest BCUT2D eigenvalue weighted by atomic mass is 10.1. The molecule has 1 aromatic rings. The van der Waals surface area contributed by atoms with E-state index in [2.05, 4.69) is 5.10 Å². The number of aryl methyl sites for hydroxylation is 1. The van der Waals surface area contributed by atoms with Crippen molar-refractivity contribution in [3.05, 3.63) is 18.0 Å². The molecule has 0 N–H and O–H groups in total. The maximum absolute atomic E-state index is 12.1. The van der Waals surface area contributed by atoms with Gasteiger partial charge in [0.25, 0.3) is 0 Å². The van der Waals surface area contributed by atoms with Gasteiger partial charge in [0, 0.05) is 19.3 Å². The molecular formula is C14H23N3O2. The lowest BCUT2D eigenvalue weighted by Crippen LogP contribution is -2.43. The molecule has 2 rings (SSSR count). The molecule has 1 fully saturated rings. The molecule has 0 bridgehead atoms. The third-order valence-corrected chi connectivity index (χ3v) is 3.16. The van der Waals surface area contributed by atoms with Crippen LogP contribution in [0.2, 0.25) is 0 Å². The molecule has 0 spiro atoms. The minimum atomic E-state index is -0.438. The highest BCUT2D eigenvalue weighted by Gasteiger charge is 2.28. The van der Waals surface area contributed by atoms with Gasteiger partial charge in [0.2, 0.25) is 0 Å². The summed E-state index contributed by atoms with van der Waals surface area (Å²) in [7, 11) is 0. The van der Waals surface area contributed by atoms with Gasteiger partial charge in [-0.05, 0) is 46.6 Å². The van der Waals surface area contributed by atoms with Crippen molar-refractivity contribution in [3.63, 3.8) is 0 Å². The molecule has 2 heterocycles. The SMILES string of the molecule is Cc1ccn([C@H]2CCCN(C(=O)OC(C)(C)C)C2)n1. The average Bonchev–Trinajstić information content (AvgIpc) is 2.74. The molecule has 0 aromatic carbocycles. The Bertz CT molecular complexity index is 448. The lowest BCUT2D eigenvalue weighted by Gasteiger charge is -2.34. The Labute approximate surface area is 114 Å². The Hall–Kier alpha value is -1.52. The number of rotatable bonds is 1. The van der Waals surface area contributed by atoms with E-state index in [0.29, 0.717) is 6.54 Å². The third kappa shape index (κ3) is 3.72. The van der Waals surface area contributed by atoms with Crippen LogP contribution in [0.1, 0.15) is 45.3 Å². The molecule has 0 aliphatic carbocycles. The average molecular weight is 265 g/mol. The van der Waals surface area contributed by atoms with Gasteiger partial charge in [0.15, 0.2) is 0 Å². The van der Waals surface area contributed by atoms with Crippen molar-refractivity contribution in [2.75, 3.05) is 13.1 Å². The molecule has 1 aromatic heterocycles. The molecule has 5 nitrogen and oxygen atoms in total. The van der Waals surface area contributed by atoms with Gasteiger partial charge in [0.05, 0.1) is 11.7 Å². The number of carbonyl (C=O) groups excluding carboxylic acids is 1. The molecule has 1 saturated heterocycles. The van der Waals surface area contributed by atoms with Crippen molar-refractivity contribution in [3.8, 4) is 0 Å². The molecule has 1 aliphatic rings. The van der Waals surface area contributed by atoms with Crippen LogP contribution in [0.25, 0.3) is 0 Å². The van der Waals surface area contributed by atoms with Gasteiger partial charge >= 0.3 is 6.09 Å². The van der Waals surface area contributed by atoms with Crippen molar-refractivity contribution in [1.82, 2.24) is 14.7 Å². The minimum Gasteiger partial charge on any atom is -0.444 e. The number of carbonyl (C=O) groups is 1. The summed E-state index contributed by atoms with van der Waals surface area (Å²) in [5.41, 5.74) is 0.571. The van der Waals surface area contributed by atoms with Crippen molar-refractivity contribution in [1.29, 1.82) is 0 Å². The van der Waals surface area contributed by atoms with Crippen LogP contribution >= 0.6 is 0 Å². The summed E-state index contributed by atoms with van der Waals surface area (Å²) in [4.78, 5) is 13.9. The molecule has 19 heavy (non-hydrogen) atoms. The smallest absolute Gasteiger partial charge is 0.410 e. The van der Waals surface area contributed by atoms with E-state index in [1.54, 1.807) is 4.90 Å². The number of ether oxygens (including phenoxy) is 1. The van der Waals surface area contributed by atoms with Crippen LogP contribution in [0.15, 0.2) is 12.3 Å². The second-order valence-corrected chi connectivity index (χ2v) is 6.16. The first-order valence-corrected chi connectivity index (χ1v) is 6.85. The predicted molar refractivity (Wildman–Crippen MR) is 73.0 cm³/mol. The third-order valence-electron chi connectivity index (χ3n) is 3.16. The van der Waals surface area contributed by atoms with E-state index in [4.69, 9.17) is 4.74 Å². The van der Waals surface area contributed by atoms with E-state index in [-0.39, 0.29) is 12.1 Å². The normalized spacial score (nSPS) is 20.4. The molecule has 1 amide bonds. The number of hydrogen-bond donors (Lipinski definition) is 0. The highest BCUT2D eigenvalue weighted by Crippen LogP contribution is 2.22. The maximum atomic E-state index is 12.1. The van der Waals surface area contributed by atoms with Crippen LogP contribution in [-0.2, 0) is 4.74 Å². The second-order valence-electron chi connectivity index (χ2n) is 6.16. The van der Waals surface area contributed by atoms with Gasteiger partial charge in [-0.3, -0.25) is 4.68 Å².